The molecule has 6 heteroatoms. The molecule has 6 nitrogen and oxygen atoms in total. The van der Waals surface area contributed by atoms with Crippen LogP contribution in [0.4, 0.5) is 0 Å². The van der Waals surface area contributed by atoms with E-state index in [1.165, 1.54) is 9.58 Å². The van der Waals surface area contributed by atoms with Crippen molar-refractivity contribution in [1.82, 2.24) is 10.0 Å². The lowest BCUT2D eigenvalue weighted by molar-refractivity contribution is -0.578. The summed E-state index contributed by atoms with van der Waals surface area (Å²) in [6.07, 6.45) is 3.19. The third-order valence-electron chi connectivity index (χ3n) is 2.39. The highest BCUT2D eigenvalue weighted by Gasteiger charge is 2.46. The zero-order valence-electron chi connectivity index (χ0n) is 9.49. The molecule has 0 fully saturated rings. The first-order chi connectivity index (χ1) is 8.04. The molecule has 2 amide bonds. The second-order valence-corrected chi connectivity index (χ2v) is 3.75. The van der Waals surface area contributed by atoms with Crippen LogP contribution in [0.3, 0.4) is 0 Å². The van der Waals surface area contributed by atoms with Crippen molar-refractivity contribution in [2.24, 2.45) is 0 Å². The van der Waals surface area contributed by atoms with E-state index >= 15 is 0 Å². The Balaban J connectivity index is 2.49. The molecule has 0 unspecified atom stereocenters. The molecular formula is C11H12N3O3+. The topological polar surface area (TPSA) is 64.7 Å². The first-order valence-corrected chi connectivity index (χ1v) is 5.00. The number of nitrogens with zero attached hydrogens (tertiary/aromatic N) is 3. The Kier molecular flexibility index (Phi) is 2.64. The van der Waals surface area contributed by atoms with Crippen LogP contribution in [0.15, 0.2) is 36.4 Å². The van der Waals surface area contributed by atoms with Gasteiger partial charge in [0.2, 0.25) is 0 Å². The van der Waals surface area contributed by atoms with E-state index in [1.807, 2.05) is 0 Å². The first-order valence-electron chi connectivity index (χ1n) is 5.00. The number of hydrogen-bond acceptors (Lipinski definition) is 4. The van der Waals surface area contributed by atoms with E-state index in [4.69, 9.17) is 0 Å². The molecule has 0 saturated heterocycles. The van der Waals surface area contributed by atoms with Crippen molar-refractivity contribution in [3.63, 3.8) is 0 Å². The molecule has 0 bridgehead atoms. The smallest absolute Gasteiger partial charge is 0.345 e. The molecule has 0 spiro atoms. The monoisotopic (exact) mass is 234 g/mol. The number of carbonyl (C=O) groups excluding carboxylic acids is 2. The zero-order valence-corrected chi connectivity index (χ0v) is 9.49. The molecule has 1 N–H and O–H groups in total. The molecule has 0 saturated carbocycles. The second kappa shape index (κ2) is 3.99. The highest BCUT2D eigenvalue weighted by molar-refractivity contribution is 6.28. The highest BCUT2D eigenvalue weighted by atomic mass is 16.3. The summed E-state index contributed by atoms with van der Waals surface area (Å²) < 4.78 is 1.42. The number of aliphatic hydroxyl groups is 1. The van der Waals surface area contributed by atoms with Crippen LogP contribution in [0.2, 0.25) is 0 Å². The van der Waals surface area contributed by atoms with Crippen LogP contribution in [0.25, 0.3) is 5.70 Å². The van der Waals surface area contributed by atoms with Crippen LogP contribution < -0.4 is 4.57 Å². The van der Waals surface area contributed by atoms with Crippen LogP contribution >= 0.6 is 0 Å². The van der Waals surface area contributed by atoms with Crippen molar-refractivity contribution < 1.29 is 19.3 Å². The van der Waals surface area contributed by atoms with Gasteiger partial charge in [-0.15, -0.1) is 0 Å². The van der Waals surface area contributed by atoms with Gasteiger partial charge in [0, 0.05) is 26.2 Å². The third-order valence-corrected chi connectivity index (χ3v) is 2.39. The fourth-order valence-corrected chi connectivity index (χ4v) is 1.64. The lowest BCUT2D eigenvalue weighted by Crippen LogP contribution is -2.45. The van der Waals surface area contributed by atoms with Gasteiger partial charge in [-0.2, -0.15) is 9.58 Å². The minimum atomic E-state index is -0.716. The van der Waals surface area contributed by atoms with E-state index in [1.54, 1.807) is 44.7 Å². The van der Waals surface area contributed by atoms with Crippen molar-refractivity contribution in [1.29, 1.82) is 0 Å². The van der Waals surface area contributed by atoms with Crippen molar-refractivity contribution in [2.75, 3.05) is 14.1 Å². The third kappa shape index (κ3) is 1.68. The van der Waals surface area contributed by atoms with Gasteiger partial charge in [-0.25, -0.2) is 5.01 Å². The summed E-state index contributed by atoms with van der Waals surface area (Å²) >= 11 is 0. The Hall–Kier alpha value is -2.21. The fraction of sp³-hybridized carbons (Fsp3) is 0.182. The van der Waals surface area contributed by atoms with Crippen LogP contribution in [0.1, 0.15) is 0 Å². The molecule has 88 valence electrons. The fourth-order valence-electron chi connectivity index (χ4n) is 1.64. The number of aromatic nitrogens is 1. The lowest BCUT2D eigenvalue weighted by atomic mass is 10.3. The van der Waals surface area contributed by atoms with Gasteiger partial charge in [-0.3, -0.25) is 9.59 Å². The molecule has 17 heavy (non-hydrogen) atoms. The quantitative estimate of drug-likeness (QED) is 0.556. The Morgan fingerprint density at radius 1 is 1.12 bits per heavy atom. The minimum absolute atomic E-state index is 0.0377. The maximum atomic E-state index is 12.0. The molecule has 2 heterocycles. The number of hydrazine groups is 1. The summed E-state index contributed by atoms with van der Waals surface area (Å²) in [5.41, 5.74) is -0.0377. The van der Waals surface area contributed by atoms with Gasteiger partial charge in [0.25, 0.3) is 5.76 Å². The number of imide groups is 1. The largest absolute Gasteiger partial charge is 0.498 e. The number of hydrogen-bond donors (Lipinski definition) is 1. The van der Waals surface area contributed by atoms with Gasteiger partial charge >= 0.3 is 17.5 Å². The van der Waals surface area contributed by atoms with Crippen molar-refractivity contribution in [3.8, 4) is 0 Å². The van der Waals surface area contributed by atoms with Gasteiger partial charge in [0.1, 0.15) is 0 Å². The molecule has 1 aliphatic rings. The van der Waals surface area contributed by atoms with Crippen molar-refractivity contribution in [3.05, 3.63) is 36.4 Å². The molecule has 1 aromatic heterocycles. The summed E-state index contributed by atoms with van der Waals surface area (Å²) in [5.74, 6) is -1.81. The average Bonchev–Trinajstić information content (AvgIpc) is 2.51. The zero-order chi connectivity index (χ0) is 12.6. The van der Waals surface area contributed by atoms with Crippen LogP contribution in [-0.2, 0) is 9.59 Å². The molecule has 0 radical (unpaired) electrons. The Morgan fingerprint density at radius 3 is 2.18 bits per heavy atom. The molecule has 0 atom stereocenters. The molecule has 0 aliphatic carbocycles. The highest BCUT2D eigenvalue weighted by Crippen LogP contribution is 2.18. The normalized spacial score (nSPS) is 16.3. The van der Waals surface area contributed by atoms with E-state index in [0.717, 1.165) is 5.01 Å². The SMILES string of the molecule is CN(C)N1C(=O)C(O)=C([n+]2ccccc2)C1=O. The van der Waals surface area contributed by atoms with E-state index in [2.05, 4.69) is 0 Å². The predicted molar refractivity (Wildman–Crippen MR) is 58.0 cm³/mol. The number of amides is 2. The van der Waals surface area contributed by atoms with Gasteiger partial charge in [-0.05, 0) is 0 Å². The van der Waals surface area contributed by atoms with Crippen LogP contribution in [-0.4, -0.2) is 41.0 Å². The number of pyridine rings is 1. The van der Waals surface area contributed by atoms with Crippen LogP contribution in [0.5, 0.6) is 0 Å². The van der Waals surface area contributed by atoms with E-state index in [9.17, 15) is 14.7 Å². The standard InChI is InChI=1S/C11H11N3O3/c1-12(2)14-10(16)8(9(15)11(14)17)13-6-4-3-5-7-13/h3-7H,1-2H3/p+1. The summed E-state index contributed by atoms with van der Waals surface area (Å²) in [7, 11) is 3.11. The minimum Gasteiger partial charge on any atom is -0.498 e. The maximum absolute atomic E-state index is 12.0. The van der Waals surface area contributed by atoms with Crippen molar-refractivity contribution >= 4 is 17.5 Å². The Morgan fingerprint density at radius 2 is 1.71 bits per heavy atom. The molecule has 1 aliphatic heterocycles. The Labute approximate surface area is 98.0 Å². The van der Waals surface area contributed by atoms with E-state index in [0.29, 0.717) is 0 Å². The lowest BCUT2D eigenvalue weighted by Gasteiger charge is -2.19. The second-order valence-electron chi connectivity index (χ2n) is 3.75. The van der Waals surface area contributed by atoms with Gasteiger partial charge in [0.05, 0.1) is 0 Å². The number of aliphatic hydroxyl groups excluding tert-OH is 1. The maximum Gasteiger partial charge on any atom is 0.345 e. The van der Waals surface area contributed by atoms with Gasteiger partial charge in [0.15, 0.2) is 12.4 Å². The predicted octanol–water partition coefficient (Wildman–Crippen LogP) is -0.454. The molecule has 1 aromatic rings. The average molecular weight is 234 g/mol. The summed E-state index contributed by atoms with van der Waals surface area (Å²) in [6, 6.07) is 5.19. The molecule has 0 aromatic carbocycles. The number of rotatable bonds is 2. The van der Waals surface area contributed by atoms with Crippen molar-refractivity contribution in [2.45, 2.75) is 0 Å². The first kappa shape index (κ1) is 11.3. The van der Waals surface area contributed by atoms with E-state index < -0.39 is 17.6 Å². The molecular weight excluding hydrogens is 222 g/mol. The van der Waals surface area contributed by atoms with Gasteiger partial charge < -0.3 is 5.11 Å². The summed E-state index contributed by atoms with van der Waals surface area (Å²) in [5, 5.41) is 11.9. The van der Waals surface area contributed by atoms with Gasteiger partial charge in [-0.1, -0.05) is 6.07 Å². The van der Waals surface area contributed by atoms with Crippen LogP contribution in [0, 0.1) is 0 Å². The van der Waals surface area contributed by atoms with E-state index in [-0.39, 0.29) is 5.70 Å². The summed E-state index contributed by atoms with van der Waals surface area (Å²) in [6.45, 7) is 0. The molecule has 2 rings (SSSR count). The summed E-state index contributed by atoms with van der Waals surface area (Å²) in [4.78, 5) is 23.7. The Bertz CT molecular complexity index is 508. The number of carbonyl (C=O) groups is 2.